The van der Waals surface area contributed by atoms with Crippen LogP contribution in [0.1, 0.15) is 72.9 Å². The first kappa shape index (κ1) is 27.8. The molecular formula is C35H38ClN7O. The third kappa shape index (κ3) is 4.79. The molecule has 0 N–H and O–H groups in total. The standard InChI is InChI=1S/C35H38ClN7O/c1-24-37-29-9-5-6-10-31(29)43(24)28-21-26-11-12-27(22-28)41(26)20-17-35(25-7-3-2-4-8-25)15-18-40(19-16-35)34(44)30-23-42-33(38-30)14-13-32(36)39-42/h2-10,13-14,23,26-28H,11-12,15-22H2,1H3/t26-,27+,28+. The summed E-state index contributed by atoms with van der Waals surface area (Å²) in [5.74, 6) is 1.10. The maximum absolute atomic E-state index is 13.5. The fourth-order valence-electron chi connectivity index (χ4n) is 8.53. The summed E-state index contributed by atoms with van der Waals surface area (Å²) in [6.45, 7) is 4.71. The van der Waals surface area contributed by atoms with Crippen LogP contribution in [-0.2, 0) is 5.41 Å². The molecular weight excluding hydrogens is 570 g/mol. The van der Waals surface area contributed by atoms with Crippen molar-refractivity contribution >= 4 is 34.2 Å². The number of amides is 1. The molecule has 3 fully saturated rings. The molecule has 44 heavy (non-hydrogen) atoms. The maximum Gasteiger partial charge on any atom is 0.274 e. The quantitative estimate of drug-likeness (QED) is 0.221. The maximum atomic E-state index is 13.5. The third-order valence-electron chi connectivity index (χ3n) is 10.7. The number of hydrogen-bond acceptors (Lipinski definition) is 5. The second kappa shape index (κ2) is 11.0. The minimum atomic E-state index is -0.0317. The van der Waals surface area contributed by atoms with Gasteiger partial charge in [0.15, 0.2) is 5.65 Å². The van der Waals surface area contributed by atoms with Gasteiger partial charge < -0.3 is 9.47 Å². The molecule has 3 saturated heterocycles. The Hall–Kier alpha value is -3.75. The zero-order chi connectivity index (χ0) is 29.8. The molecule has 0 unspecified atom stereocenters. The van der Waals surface area contributed by atoms with E-state index in [1.165, 1.54) is 36.8 Å². The monoisotopic (exact) mass is 607 g/mol. The number of aryl methyl sites for hydroxylation is 1. The van der Waals surface area contributed by atoms with Crippen molar-refractivity contribution in [2.24, 2.45) is 0 Å². The Morgan fingerprint density at radius 1 is 0.909 bits per heavy atom. The number of hydrogen-bond donors (Lipinski definition) is 0. The first-order valence-electron chi connectivity index (χ1n) is 16.0. The Balaban J connectivity index is 0.978. The van der Waals surface area contributed by atoms with Gasteiger partial charge in [-0.1, -0.05) is 54.1 Å². The van der Waals surface area contributed by atoms with Gasteiger partial charge in [-0.25, -0.2) is 14.5 Å². The molecule has 0 spiro atoms. The van der Waals surface area contributed by atoms with Crippen molar-refractivity contribution in [2.45, 2.75) is 75.4 Å². The van der Waals surface area contributed by atoms with E-state index in [0.717, 1.165) is 50.2 Å². The highest BCUT2D eigenvalue weighted by Gasteiger charge is 2.44. The van der Waals surface area contributed by atoms with Gasteiger partial charge in [0.1, 0.15) is 16.7 Å². The van der Waals surface area contributed by atoms with Gasteiger partial charge in [0.05, 0.1) is 17.2 Å². The van der Waals surface area contributed by atoms with E-state index in [1.54, 1.807) is 22.8 Å². The topological polar surface area (TPSA) is 71.6 Å². The first-order valence-corrected chi connectivity index (χ1v) is 16.4. The van der Waals surface area contributed by atoms with Crippen LogP contribution in [0, 0.1) is 6.92 Å². The SMILES string of the molecule is Cc1nc2ccccc2n1[C@H]1C[C@H]2CC[C@@H](C1)N2CCC1(c2ccccc2)CCN(C(=O)c2cn3nc(Cl)ccc3n2)CC1. The number of aromatic nitrogens is 5. The number of imidazole rings is 2. The number of halogens is 1. The predicted molar refractivity (Wildman–Crippen MR) is 172 cm³/mol. The molecule has 8 rings (SSSR count). The lowest BCUT2D eigenvalue weighted by atomic mass is 9.70. The highest BCUT2D eigenvalue weighted by atomic mass is 35.5. The number of carbonyl (C=O) groups is 1. The van der Waals surface area contributed by atoms with Crippen molar-refractivity contribution < 1.29 is 4.79 Å². The van der Waals surface area contributed by atoms with Crippen molar-refractivity contribution in [3.63, 3.8) is 0 Å². The lowest BCUT2D eigenvalue weighted by Gasteiger charge is -2.45. The van der Waals surface area contributed by atoms with Crippen LogP contribution in [0.25, 0.3) is 16.7 Å². The summed E-state index contributed by atoms with van der Waals surface area (Å²) in [5.41, 5.74) is 4.89. The van der Waals surface area contributed by atoms with E-state index in [2.05, 4.69) is 81.1 Å². The third-order valence-corrected chi connectivity index (χ3v) is 10.9. The molecule has 3 aromatic heterocycles. The average Bonchev–Trinajstić information content (AvgIpc) is 3.69. The molecule has 5 aromatic rings. The Morgan fingerprint density at radius 2 is 1.64 bits per heavy atom. The van der Waals surface area contributed by atoms with Gasteiger partial charge in [0, 0.05) is 31.2 Å². The number of likely N-dealkylation sites (tertiary alicyclic amines) is 1. The van der Waals surface area contributed by atoms with Crippen LogP contribution < -0.4 is 0 Å². The van der Waals surface area contributed by atoms with Gasteiger partial charge in [-0.15, -0.1) is 0 Å². The fraction of sp³-hybridized carbons (Fsp3) is 0.429. The number of fused-ring (bicyclic) bond motifs is 4. The van der Waals surface area contributed by atoms with Crippen molar-refractivity contribution in [1.29, 1.82) is 0 Å². The zero-order valence-electron chi connectivity index (χ0n) is 25.1. The number of piperidine rings is 2. The first-order chi connectivity index (χ1) is 21.5. The highest BCUT2D eigenvalue weighted by Crippen LogP contribution is 2.45. The molecule has 9 heteroatoms. The summed E-state index contributed by atoms with van der Waals surface area (Å²) in [5, 5.41) is 4.63. The van der Waals surface area contributed by atoms with Crippen LogP contribution in [0.3, 0.4) is 0 Å². The number of rotatable bonds is 6. The van der Waals surface area contributed by atoms with Gasteiger partial charge in [0.2, 0.25) is 0 Å². The Labute approximate surface area is 262 Å². The van der Waals surface area contributed by atoms with E-state index in [9.17, 15) is 4.79 Å². The van der Waals surface area contributed by atoms with Crippen molar-refractivity contribution in [1.82, 2.24) is 33.9 Å². The molecule has 226 valence electrons. The lowest BCUT2D eigenvalue weighted by Crippen LogP contribution is -2.49. The molecule has 6 heterocycles. The number of benzene rings is 2. The van der Waals surface area contributed by atoms with E-state index in [4.69, 9.17) is 16.6 Å². The van der Waals surface area contributed by atoms with Crippen molar-refractivity contribution in [3.05, 3.63) is 95.2 Å². The summed E-state index contributed by atoms with van der Waals surface area (Å²) in [7, 11) is 0. The predicted octanol–water partition coefficient (Wildman–Crippen LogP) is 6.47. The molecule has 3 aliphatic rings. The molecule has 0 radical (unpaired) electrons. The molecule has 0 saturated carbocycles. The van der Waals surface area contributed by atoms with E-state index >= 15 is 0 Å². The minimum absolute atomic E-state index is 0.0317. The Kier molecular flexibility index (Phi) is 6.94. The van der Waals surface area contributed by atoms with Crippen molar-refractivity contribution in [3.8, 4) is 0 Å². The van der Waals surface area contributed by atoms with Gasteiger partial charge in [0.25, 0.3) is 5.91 Å². The molecule has 8 nitrogen and oxygen atoms in total. The largest absolute Gasteiger partial charge is 0.337 e. The van der Waals surface area contributed by atoms with E-state index < -0.39 is 0 Å². The molecule has 0 aliphatic carbocycles. The lowest BCUT2D eigenvalue weighted by molar-refractivity contribution is 0.0602. The summed E-state index contributed by atoms with van der Waals surface area (Å²) >= 11 is 6.05. The summed E-state index contributed by atoms with van der Waals surface area (Å²) < 4.78 is 4.10. The van der Waals surface area contributed by atoms with Gasteiger partial charge >= 0.3 is 0 Å². The highest BCUT2D eigenvalue weighted by molar-refractivity contribution is 6.29. The van der Waals surface area contributed by atoms with Crippen LogP contribution in [0.15, 0.2) is 72.9 Å². The van der Waals surface area contributed by atoms with E-state index in [0.29, 0.717) is 34.6 Å². The second-order valence-corrected chi connectivity index (χ2v) is 13.4. The molecule has 1 amide bonds. The average molecular weight is 608 g/mol. The van der Waals surface area contributed by atoms with Crippen LogP contribution in [0.4, 0.5) is 0 Å². The van der Waals surface area contributed by atoms with Gasteiger partial charge in [-0.2, -0.15) is 5.10 Å². The molecule has 3 aliphatic heterocycles. The summed E-state index contributed by atoms with van der Waals surface area (Å²) in [6, 6.07) is 24.8. The normalized spacial score (nSPS) is 23.5. The van der Waals surface area contributed by atoms with E-state index in [-0.39, 0.29) is 11.3 Å². The zero-order valence-corrected chi connectivity index (χ0v) is 25.9. The fourth-order valence-corrected chi connectivity index (χ4v) is 8.67. The van der Waals surface area contributed by atoms with Crippen LogP contribution in [-0.4, -0.2) is 71.6 Å². The smallest absolute Gasteiger partial charge is 0.274 e. The molecule has 2 bridgehead atoms. The second-order valence-electron chi connectivity index (χ2n) is 13.0. The Bertz CT molecular complexity index is 1810. The van der Waals surface area contributed by atoms with Crippen LogP contribution >= 0.6 is 11.6 Å². The number of carbonyl (C=O) groups excluding carboxylic acids is 1. The van der Waals surface area contributed by atoms with Crippen LogP contribution in [0.2, 0.25) is 5.15 Å². The van der Waals surface area contributed by atoms with Gasteiger partial charge in [-0.05, 0) is 93.7 Å². The van der Waals surface area contributed by atoms with E-state index in [1.807, 2.05) is 4.90 Å². The Morgan fingerprint density at radius 3 is 2.41 bits per heavy atom. The van der Waals surface area contributed by atoms with Gasteiger partial charge in [-0.3, -0.25) is 9.69 Å². The summed E-state index contributed by atoms with van der Waals surface area (Å²) in [6.07, 6.45) is 9.66. The number of para-hydroxylation sites is 2. The minimum Gasteiger partial charge on any atom is -0.337 e. The molecule has 2 aromatic carbocycles. The van der Waals surface area contributed by atoms with Crippen molar-refractivity contribution in [2.75, 3.05) is 19.6 Å². The van der Waals surface area contributed by atoms with Crippen LogP contribution in [0.5, 0.6) is 0 Å². The molecule has 3 atom stereocenters. The summed E-state index contributed by atoms with van der Waals surface area (Å²) in [4.78, 5) is 27.7. The number of nitrogens with zero attached hydrogens (tertiary/aromatic N) is 7.